The van der Waals surface area contributed by atoms with E-state index in [9.17, 15) is 4.39 Å². The van der Waals surface area contributed by atoms with Gasteiger partial charge in [0.15, 0.2) is 11.6 Å². The van der Waals surface area contributed by atoms with Gasteiger partial charge in [-0.1, -0.05) is 6.92 Å². The van der Waals surface area contributed by atoms with Crippen LogP contribution in [0.25, 0.3) is 22.3 Å². The first-order valence-electron chi connectivity index (χ1n) is 10.1. The first-order valence-corrected chi connectivity index (χ1v) is 10.1. The molecule has 1 atom stereocenters. The van der Waals surface area contributed by atoms with E-state index in [1.807, 2.05) is 6.07 Å². The monoisotopic (exact) mass is 397 g/mol. The van der Waals surface area contributed by atoms with Crippen LogP contribution in [-0.4, -0.2) is 51.6 Å². The molecule has 29 heavy (non-hydrogen) atoms. The zero-order chi connectivity index (χ0) is 20.0. The third kappa shape index (κ3) is 3.42. The molecule has 1 aliphatic heterocycles. The number of nitrogens with one attached hydrogen (secondary N) is 1. The quantitative estimate of drug-likeness (QED) is 0.707. The number of halogens is 1. The highest BCUT2D eigenvalue weighted by Crippen LogP contribution is 2.44. The van der Waals surface area contributed by atoms with Crippen LogP contribution in [-0.2, 0) is 4.74 Å². The Labute approximate surface area is 168 Å². The number of rotatable bonds is 5. The summed E-state index contributed by atoms with van der Waals surface area (Å²) in [6.45, 7) is 6.35. The molecule has 152 valence electrons. The maximum Gasteiger partial charge on any atom is 0.167 e. The minimum absolute atomic E-state index is 0.157. The number of benzene rings is 1. The highest BCUT2D eigenvalue weighted by Gasteiger charge is 2.44. The fraction of sp³-hybridized carbons (Fsp3) is 0.476. The van der Waals surface area contributed by atoms with Crippen molar-refractivity contribution in [2.45, 2.75) is 44.8 Å². The number of H-pyrrole nitrogens is 1. The van der Waals surface area contributed by atoms with E-state index in [-0.39, 0.29) is 23.3 Å². The van der Waals surface area contributed by atoms with Gasteiger partial charge in [0, 0.05) is 30.6 Å². The molecule has 2 fully saturated rings. The molecule has 0 unspecified atom stereocenters. The van der Waals surface area contributed by atoms with E-state index in [0.717, 1.165) is 43.6 Å². The first-order chi connectivity index (χ1) is 14.1. The van der Waals surface area contributed by atoms with Crippen molar-refractivity contribution in [3.8, 4) is 17.1 Å². The Bertz CT molecular complexity index is 1050. The van der Waals surface area contributed by atoms with E-state index >= 15 is 0 Å². The van der Waals surface area contributed by atoms with Gasteiger partial charge in [-0.15, -0.1) is 0 Å². The van der Waals surface area contributed by atoms with Crippen LogP contribution < -0.4 is 9.64 Å². The smallest absolute Gasteiger partial charge is 0.167 e. The number of aromatic nitrogens is 4. The van der Waals surface area contributed by atoms with Crippen molar-refractivity contribution in [3.05, 3.63) is 30.3 Å². The van der Waals surface area contributed by atoms with E-state index < -0.39 is 0 Å². The number of nitrogens with zero attached hydrogens (tertiary/aromatic N) is 4. The predicted octanol–water partition coefficient (Wildman–Crippen LogP) is 3.71. The predicted molar refractivity (Wildman–Crippen MR) is 108 cm³/mol. The van der Waals surface area contributed by atoms with Gasteiger partial charge in [-0.05, 0) is 32.3 Å². The molecule has 1 aromatic carbocycles. The normalized spacial score (nSPS) is 20.8. The van der Waals surface area contributed by atoms with Crippen LogP contribution in [0.4, 0.5) is 10.2 Å². The zero-order valence-corrected chi connectivity index (χ0v) is 16.6. The molecule has 2 aromatic heterocycles. The Morgan fingerprint density at radius 2 is 2.17 bits per heavy atom. The number of ether oxygens (including phenoxy) is 2. The Morgan fingerprint density at radius 1 is 1.31 bits per heavy atom. The van der Waals surface area contributed by atoms with E-state index in [2.05, 4.69) is 38.9 Å². The fourth-order valence-corrected chi connectivity index (χ4v) is 3.87. The second kappa shape index (κ2) is 6.95. The van der Waals surface area contributed by atoms with Gasteiger partial charge in [0.1, 0.15) is 23.4 Å². The van der Waals surface area contributed by atoms with Crippen LogP contribution in [0.3, 0.4) is 0 Å². The summed E-state index contributed by atoms with van der Waals surface area (Å²) in [6.07, 6.45) is 4.50. The van der Waals surface area contributed by atoms with Gasteiger partial charge in [0.2, 0.25) is 0 Å². The Kier molecular flexibility index (Phi) is 4.38. The highest BCUT2D eigenvalue weighted by molar-refractivity contribution is 5.93. The lowest BCUT2D eigenvalue weighted by molar-refractivity contribution is 0.0529. The summed E-state index contributed by atoms with van der Waals surface area (Å²) in [5, 5.41) is 8.10. The van der Waals surface area contributed by atoms with Crippen LogP contribution >= 0.6 is 0 Å². The lowest BCUT2D eigenvalue weighted by atomic mass is 10.1. The lowest BCUT2D eigenvalue weighted by Gasteiger charge is -2.31. The van der Waals surface area contributed by atoms with Crippen LogP contribution in [0.5, 0.6) is 5.75 Å². The number of morpholine rings is 1. The maximum atomic E-state index is 14.6. The molecule has 2 aliphatic rings. The average molecular weight is 397 g/mol. The average Bonchev–Trinajstić information content (AvgIpc) is 3.40. The number of aromatic amines is 1. The second-order valence-electron chi connectivity index (χ2n) is 7.93. The summed E-state index contributed by atoms with van der Waals surface area (Å²) >= 11 is 0. The minimum Gasteiger partial charge on any atom is -0.484 e. The molecule has 0 bridgehead atoms. The standard InChI is InChI=1S/C21H24FN5O2/c1-3-21(4-5-21)29-18-8-14-16(9-15(18)22)25-26-20(14)17-10-19(24-12-23-17)27-6-7-28-13(2)11-27/h8-10,12-13H,3-7,11H2,1-2H3,(H,25,26)/t13-/m1/s1. The molecule has 3 heterocycles. The van der Waals surface area contributed by atoms with Crippen molar-refractivity contribution in [3.63, 3.8) is 0 Å². The molecule has 1 aliphatic carbocycles. The van der Waals surface area contributed by atoms with Gasteiger partial charge in [-0.25, -0.2) is 14.4 Å². The summed E-state index contributed by atoms with van der Waals surface area (Å²) in [6, 6.07) is 5.10. The molecule has 0 spiro atoms. The van der Waals surface area contributed by atoms with Gasteiger partial charge < -0.3 is 14.4 Å². The largest absolute Gasteiger partial charge is 0.484 e. The molecule has 0 radical (unpaired) electrons. The SMILES string of the molecule is CCC1(Oc2cc3c(-c4cc(N5CCO[C@H](C)C5)ncn4)n[nH]c3cc2F)CC1. The molecule has 1 N–H and O–H groups in total. The third-order valence-corrected chi connectivity index (χ3v) is 5.85. The molecular formula is C21H24FN5O2. The zero-order valence-electron chi connectivity index (χ0n) is 16.6. The molecule has 0 amide bonds. The molecular weight excluding hydrogens is 373 g/mol. The lowest BCUT2D eigenvalue weighted by Crippen LogP contribution is -2.41. The molecule has 5 rings (SSSR count). The van der Waals surface area contributed by atoms with Gasteiger partial charge in [-0.2, -0.15) is 5.10 Å². The van der Waals surface area contributed by atoms with E-state index in [4.69, 9.17) is 9.47 Å². The first kappa shape index (κ1) is 18.3. The summed E-state index contributed by atoms with van der Waals surface area (Å²) in [5.74, 6) is 0.733. The summed E-state index contributed by atoms with van der Waals surface area (Å²) in [5.41, 5.74) is 1.75. The maximum absolute atomic E-state index is 14.6. The number of anilines is 1. The van der Waals surface area contributed by atoms with Crippen molar-refractivity contribution < 1.29 is 13.9 Å². The van der Waals surface area contributed by atoms with E-state index in [1.54, 1.807) is 12.4 Å². The number of fused-ring (bicyclic) bond motifs is 1. The Hall–Kier alpha value is -2.74. The topological polar surface area (TPSA) is 76.2 Å². The summed E-state index contributed by atoms with van der Waals surface area (Å²) in [7, 11) is 0. The molecule has 1 saturated heterocycles. The van der Waals surface area contributed by atoms with Crippen molar-refractivity contribution >= 4 is 16.7 Å². The Balaban J connectivity index is 1.51. The molecule has 7 nitrogen and oxygen atoms in total. The Morgan fingerprint density at radius 3 is 2.93 bits per heavy atom. The van der Waals surface area contributed by atoms with Crippen molar-refractivity contribution in [2.24, 2.45) is 0 Å². The van der Waals surface area contributed by atoms with Gasteiger partial charge >= 0.3 is 0 Å². The van der Waals surface area contributed by atoms with Crippen molar-refractivity contribution in [2.75, 3.05) is 24.6 Å². The van der Waals surface area contributed by atoms with E-state index in [1.165, 1.54) is 6.07 Å². The minimum atomic E-state index is -0.377. The summed E-state index contributed by atoms with van der Waals surface area (Å²) in [4.78, 5) is 11.0. The van der Waals surface area contributed by atoms with Crippen LogP contribution in [0, 0.1) is 5.82 Å². The third-order valence-electron chi connectivity index (χ3n) is 5.85. The van der Waals surface area contributed by atoms with Gasteiger partial charge in [-0.3, -0.25) is 5.10 Å². The van der Waals surface area contributed by atoms with Crippen molar-refractivity contribution in [1.29, 1.82) is 0 Å². The number of hydrogen-bond donors (Lipinski definition) is 1. The molecule has 1 saturated carbocycles. The number of hydrogen-bond acceptors (Lipinski definition) is 6. The summed E-state index contributed by atoms with van der Waals surface area (Å²) < 4.78 is 26.2. The van der Waals surface area contributed by atoms with E-state index in [0.29, 0.717) is 23.5 Å². The molecule has 8 heteroatoms. The van der Waals surface area contributed by atoms with Crippen molar-refractivity contribution in [1.82, 2.24) is 20.2 Å². The van der Waals surface area contributed by atoms with Crippen LogP contribution in [0.1, 0.15) is 33.1 Å². The highest BCUT2D eigenvalue weighted by atomic mass is 19.1. The fourth-order valence-electron chi connectivity index (χ4n) is 3.87. The van der Waals surface area contributed by atoms with Gasteiger partial charge in [0.25, 0.3) is 0 Å². The van der Waals surface area contributed by atoms with Crippen LogP contribution in [0.2, 0.25) is 0 Å². The van der Waals surface area contributed by atoms with Crippen LogP contribution in [0.15, 0.2) is 24.5 Å². The second-order valence-corrected chi connectivity index (χ2v) is 7.93. The van der Waals surface area contributed by atoms with Gasteiger partial charge in [0.05, 0.1) is 23.9 Å². The molecule has 3 aromatic rings.